The van der Waals surface area contributed by atoms with E-state index in [1.54, 1.807) is 0 Å². The van der Waals surface area contributed by atoms with Gasteiger partial charge in [0.1, 0.15) is 6.67 Å². The second-order valence-corrected chi connectivity index (χ2v) is 5.54. The average Bonchev–Trinajstić information content (AvgIpc) is 2.37. The van der Waals surface area contributed by atoms with Crippen molar-refractivity contribution in [2.75, 3.05) is 19.8 Å². The van der Waals surface area contributed by atoms with Crippen molar-refractivity contribution in [3.8, 4) is 0 Å². The van der Waals surface area contributed by atoms with Gasteiger partial charge in [0.15, 0.2) is 0 Å². The summed E-state index contributed by atoms with van der Waals surface area (Å²) in [5.41, 5.74) is 5.85. The molecule has 0 saturated carbocycles. The highest BCUT2D eigenvalue weighted by Gasteiger charge is 2.18. The Hall–Kier alpha value is -0.890. The van der Waals surface area contributed by atoms with E-state index in [1.165, 1.54) is 22.3 Å². The summed E-state index contributed by atoms with van der Waals surface area (Å²) in [5, 5.41) is 0. The molecule has 0 amide bonds. The van der Waals surface area contributed by atoms with Gasteiger partial charge in [-0.3, -0.25) is 4.90 Å². The lowest BCUT2D eigenvalue weighted by atomic mass is 9.88. The number of nitrogens with zero attached hydrogens (tertiary/aromatic N) is 1. The van der Waals surface area contributed by atoms with Gasteiger partial charge in [-0.25, -0.2) is 4.39 Å². The minimum absolute atomic E-state index is 0.237. The van der Waals surface area contributed by atoms with E-state index in [4.69, 9.17) is 0 Å². The van der Waals surface area contributed by atoms with E-state index in [9.17, 15) is 4.39 Å². The summed E-state index contributed by atoms with van der Waals surface area (Å²) >= 11 is 0. The first kappa shape index (κ1) is 13.5. The van der Waals surface area contributed by atoms with Gasteiger partial charge in [0.25, 0.3) is 0 Å². The molecule has 1 heterocycles. The Morgan fingerprint density at radius 2 is 2.06 bits per heavy atom. The second-order valence-electron chi connectivity index (χ2n) is 5.54. The number of alkyl halides is 1. The van der Waals surface area contributed by atoms with Gasteiger partial charge in [-0.1, -0.05) is 32.9 Å². The Kier molecular flexibility index (Phi) is 4.39. The molecule has 0 aromatic heterocycles. The maximum absolute atomic E-state index is 12.4. The molecule has 1 nitrogen and oxygen atoms in total. The summed E-state index contributed by atoms with van der Waals surface area (Å²) in [5.74, 6) is 0.571. The maximum atomic E-state index is 12.4. The van der Waals surface area contributed by atoms with E-state index in [2.05, 4.69) is 37.8 Å². The second kappa shape index (κ2) is 5.83. The predicted octanol–water partition coefficient (Wildman–Crippen LogP) is 3.70. The molecule has 0 atom stereocenters. The summed E-state index contributed by atoms with van der Waals surface area (Å²) in [7, 11) is 0. The van der Waals surface area contributed by atoms with Crippen molar-refractivity contribution in [3.63, 3.8) is 0 Å². The van der Waals surface area contributed by atoms with Crippen LogP contribution in [0.5, 0.6) is 0 Å². The molecular weight excluding hydrogens is 225 g/mol. The fourth-order valence-corrected chi connectivity index (χ4v) is 2.89. The van der Waals surface area contributed by atoms with Gasteiger partial charge in [0, 0.05) is 19.6 Å². The molecule has 0 bridgehead atoms. The number of hydrogen-bond acceptors (Lipinski definition) is 1. The lowest BCUT2D eigenvalue weighted by Crippen LogP contribution is -2.32. The van der Waals surface area contributed by atoms with Crippen molar-refractivity contribution in [1.82, 2.24) is 4.90 Å². The van der Waals surface area contributed by atoms with Gasteiger partial charge in [0.05, 0.1) is 0 Å². The van der Waals surface area contributed by atoms with Crippen molar-refractivity contribution in [1.29, 1.82) is 0 Å². The van der Waals surface area contributed by atoms with E-state index in [-0.39, 0.29) is 6.67 Å². The highest BCUT2D eigenvalue weighted by Crippen LogP contribution is 2.28. The molecule has 0 aliphatic carbocycles. The van der Waals surface area contributed by atoms with Crippen LogP contribution in [-0.2, 0) is 19.4 Å². The van der Waals surface area contributed by atoms with Crippen molar-refractivity contribution in [2.45, 2.75) is 46.1 Å². The van der Waals surface area contributed by atoms with Crippen LogP contribution in [0.2, 0.25) is 0 Å². The lowest BCUT2D eigenvalue weighted by Gasteiger charge is -2.29. The Morgan fingerprint density at radius 1 is 1.28 bits per heavy atom. The van der Waals surface area contributed by atoms with Gasteiger partial charge in [-0.15, -0.1) is 0 Å². The number of aryl methyl sites for hydroxylation is 1. The molecule has 18 heavy (non-hydrogen) atoms. The number of hydrogen-bond donors (Lipinski definition) is 0. The van der Waals surface area contributed by atoms with E-state index < -0.39 is 0 Å². The molecule has 0 saturated heterocycles. The highest BCUT2D eigenvalue weighted by atomic mass is 19.1. The third kappa shape index (κ3) is 2.74. The number of fused-ring (bicyclic) bond motifs is 1. The quantitative estimate of drug-likeness (QED) is 0.786. The van der Waals surface area contributed by atoms with Gasteiger partial charge >= 0.3 is 0 Å². The maximum Gasteiger partial charge on any atom is 0.102 e. The number of halogens is 1. The molecule has 2 rings (SSSR count). The normalized spacial score (nSPS) is 16.1. The van der Waals surface area contributed by atoms with E-state index in [1.807, 2.05) is 0 Å². The molecule has 0 radical (unpaired) electrons. The Labute approximate surface area is 110 Å². The number of rotatable bonds is 4. The monoisotopic (exact) mass is 249 g/mol. The van der Waals surface area contributed by atoms with E-state index in [0.717, 1.165) is 25.9 Å². The summed E-state index contributed by atoms with van der Waals surface area (Å²) in [4.78, 5) is 2.22. The molecule has 0 fully saturated rings. The molecule has 0 N–H and O–H groups in total. The summed E-state index contributed by atoms with van der Waals surface area (Å²) in [6, 6.07) is 4.75. The minimum atomic E-state index is -0.237. The molecule has 1 aliphatic heterocycles. The van der Waals surface area contributed by atoms with Crippen molar-refractivity contribution in [2.24, 2.45) is 0 Å². The minimum Gasteiger partial charge on any atom is -0.296 e. The first-order valence-corrected chi connectivity index (χ1v) is 7.08. The SMILES string of the molecule is CCc1cc2c(cc1C(C)C)CN(CCF)CC2. The fraction of sp³-hybridized carbons (Fsp3) is 0.625. The van der Waals surface area contributed by atoms with E-state index in [0.29, 0.717) is 12.5 Å². The fourth-order valence-electron chi connectivity index (χ4n) is 2.89. The summed E-state index contributed by atoms with van der Waals surface area (Å²) < 4.78 is 12.4. The Morgan fingerprint density at radius 3 is 2.67 bits per heavy atom. The van der Waals surface area contributed by atoms with Crippen LogP contribution in [-0.4, -0.2) is 24.7 Å². The van der Waals surface area contributed by atoms with Crippen molar-refractivity contribution < 1.29 is 4.39 Å². The third-order valence-corrected chi connectivity index (χ3v) is 3.96. The smallest absolute Gasteiger partial charge is 0.102 e. The Balaban J connectivity index is 2.30. The Bertz CT molecular complexity index is 412. The van der Waals surface area contributed by atoms with Gasteiger partial charge in [-0.05, 0) is 41.0 Å². The standard InChI is InChI=1S/C16H24FN/c1-4-13-9-14-5-7-18(8-6-17)11-15(14)10-16(13)12(2)3/h9-10,12H,4-8,11H2,1-3H3. The summed E-state index contributed by atoms with van der Waals surface area (Å²) in [6.45, 7) is 8.99. The molecule has 1 aromatic rings. The zero-order valence-corrected chi connectivity index (χ0v) is 11.8. The van der Waals surface area contributed by atoms with Crippen LogP contribution in [0.1, 0.15) is 48.9 Å². The molecule has 0 unspecified atom stereocenters. The largest absolute Gasteiger partial charge is 0.296 e. The van der Waals surface area contributed by atoms with Crippen molar-refractivity contribution in [3.05, 3.63) is 34.4 Å². The highest BCUT2D eigenvalue weighted by molar-refractivity contribution is 5.41. The van der Waals surface area contributed by atoms with Crippen LogP contribution >= 0.6 is 0 Å². The molecule has 0 spiro atoms. The first-order chi connectivity index (χ1) is 8.65. The van der Waals surface area contributed by atoms with E-state index >= 15 is 0 Å². The first-order valence-electron chi connectivity index (χ1n) is 7.08. The van der Waals surface area contributed by atoms with Crippen LogP contribution in [0.25, 0.3) is 0 Å². The van der Waals surface area contributed by atoms with Gasteiger partial charge in [0.2, 0.25) is 0 Å². The topological polar surface area (TPSA) is 3.24 Å². The average molecular weight is 249 g/mol. The van der Waals surface area contributed by atoms with Crippen LogP contribution in [0.4, 0.5) is 4.39 Å². The van der Waals surface area contributed by atoms with Gasteiger partial charge in [-0.2, -0.15) is 0 Å². The molecular formula is C16H24FN. The molecule has 100 valence electrons. The zero-order valence-electron chi connectivity index (χ0n) is 11.8. The molecule has 1 aromatic carbocycles. The zero-order chi connectivity index (χ0) is 13.1. The van der Waals surface area contributed by atoms with Gasteiger partial charge < -0.3 is 0 Å². The van der Waals surface area contributed by atoms with Crippen LogP contribution in [0.3, 0.4) is 0 Å². The van der Waals surface area contributed by atoms with Crippen LogP contribution in [0.15, 0.2) is 12.1 Å². The van der Waals surface area contributed by atoms with Crippen molar-refractivity contribution >= 4 is 0 Å². The predicted molar refractivity (Wildman–Crippen MR) is 74.9 cm³/mol. The number of benzene rings is 1. The lowest BCUT2D eigenvalue weighted by molar-refractivity contribution is 0.231. The molecule has 1 aliphatic rings. The molecule has 2 heteroatoms. The summed E-state index contributed by atoms with van der Waals surface area (Å²) in [6.07, 6.45) is 2.18. The van der Waals surface area contributed by atoms with Crippen LogP contribution < -0.4 is 0 Å². The third-order valence-electron chi connectivity index (χ3n) is 3.96. The van der Waals surface area contributed by atoms with Crippen LogP contribution in [0, 0.1) is 0 Å².